The number of hydrogen-bond acceptors (Lipinski definition) is 1. The molecule has 0 saturated heterocycles. The van der Waals surface area contributed by atoms with Crippen molar-refractivity contribution >= 4 is 21.7 Å². The zero-order valence-electron chi connectivity index (χ0n) is 9.31. The Balaban J connectivity index is 4.05. The van der Waals surface area contributed by atoms with E-state index in [0.717, 1.165) is 36.6 Å². The molecule has 1 atom stereocenters. The molecular weight excluding hydrogens is 240 g/mol. The van der Waals surface area contributed by atoms with Crippen LogP contribution in [0.5, 0.6) is 0 Å². The van der Waals surface area contributed by atoms with Crippen molar-refractivity contribution in [1.82, 2.24) is 0 Å². The topological polar surface area (TPSA) is 17.1 Å². The fourth-order valence-corrected chi connectivity index (χ4v) is 1.91. The number of carbonyl (C=O) groups is 1. The molecule has 0 aliphatic heterocycles. The van der Waals surface area contributed by atoms with Crippen molar-refractivity contribution in [3.8, 4) is 0 Å². The molecule has 0 aromatic heterocycles. The fourth-order valence-electron chi connectivity index (χ4n) is 1.43. The van der Waals surface area contributed by atoms with Crippen LogP contribution in [0, 0.1) is 5.92 Å². The second-order valence-corrected chi connectivity index (χ2v) is 4.73. The van der Waals surface area contributed by atoms with E-state index in [-0.39, 0.29) is 5.92 Å². The number of rotatable bonds is 8. The maximum atomic E-state index is 11.8. The highest BCUT2D eigenvalue weighted by Crippen LogP contribution is 2.24. The summed E-state index contributed by atoms with van der Waals surface area (Å²) in [6, 6.07) is 0. The predicted octanol–water partition coefficient (Wildman–Crippen LogP) is 4.46. The van der Waals surface area contributed by atoms with Gasteiger partial charge in [0, 0.05) is 12.3 Å². The van der Waals surface area contributed by atoms with Gasteiger partial charge in [0.05, 0.1) is 0 Å². The third-order valence-electron chi connectivity index (χ3n) is 2.39. The Kier molecular flexibility index (Phi) is 8.15. The molecule has 0 amide bonds. The van der Waals surface area contributed by atoms with Gasteiger partial charge < -0.3 is 0 Å². The molecule has 0 heterocycles. The zero-order chi connectivity index (χ0) is 11.0. The van der Waals surface area contributed by atoms with Crippen LogP contribution < -0.4 is 0 Å². The molecule has 0 saturated carbocycles. The molecule has 0 aliphatic carbocycles. The molecule has 1 unspecified atom stereocenters. The van der Waals surface area contributed by atoms with Crippen LogP contribution in [0.1, 0.15) is 52.4 Å². The first-order valence-corrected chi connectivity index (χ1v) is 6.29. The van der Waals surface area contributed by atoms with E-state index in [9.17, 15) is 4.79 Å². The van der Waals surface area contributed by atoms with Gasteiger partial charge in [-0.1, -0.05) is 55.6 Å². The smallest absolute Gasteiger partial charge is 0.140 e. The Morgan fingerprint density at radius 3 is 2.29 bits per heavy atom. The molecule has 0 fully saturated rings. The molecule has 0 spiro atoms. The van der Waals surface area contributed by atoms with Crippen molar-refractivity contribution in [3.05, 3.63) is 11.1 Å². The first-order valence-electron chi connectivity index (χ1n) is 5.50. The van der Waals surface area contributed by atoms with Gasteiger partial charge in [-0.15, -0.1) is 0 Å². The highest BCUT2D eigenvalue weighted by Gasteiger charge is 2.18. The lowest BCUT2D eigenvalue weighted by atomic mass is 9.94. The first kappa shape index (κ1) is 13.9. The van der Waals surface area contributed by atoms with Crippen LogP contribution in [0.4, 0.5) is 0 Å². The lowest BCUT2D eigenvalue weighted by Crippen LogP contribution is -2.14. The second-order valence-electron chi connectivity index (χ2n) is 3.71. The van der Waals surface area contributed by atoms with E-state index in [1.165, 1.54) is 0 Å². The maximum absolute atomic E-state index is 11.8. The number of carbonyl (C=O) groups excluding carboxylic acids is 1. The van der Waals surface area contributed by atoms with E-state index in [4.69, 9.17) is 0 Å². The van der Waals surface area contributed by atoms with Gasteiger partial charge >= 0.3 is 0 Å². The highest BCUT2D eigenvalue weighted by molar-refractivity contribution is 9.11. The molecule has 14 heavy (non-hydrogen) atoms. The minimum Gasteiger partial charge on any atom is -0.299 e. The van der Waals surface area contributed by atoms with Gasteiger partial charge in [-0.05, 0) is 17.3 Å². The summed E-state index contributed by atoms with van der Waals surface area (Å²) >= 11 is 3.35. The van der Waals surface area contributed by atoms with E-state index in [0.29, 0.717) is 12.2 Å². The van der Waals surface area contributed by atoms with E-state index in [1.807, 2.05) is 0 Å². The third kappa shape index (κ3) is 5.58. The molecule has 82 valence electrons. The number of unbranched alkanes of at least 4 members (excludes halogenated alkanes) is 2. The van der Waals surface area contributed by atoms with Crippen LogP contribution in [-0.2, 0) is 4.79 Å². The Labute approximate surface area is 96.1 Å². The van der Waals surface area contributed by atoms with Gasteiger partial charge in [0.1, 0.15) is 5.78 Å². The lowest BCUT2D eigenvalue weighted by molar-refractivity contribution is -0.121. The average Bonchev–Trinajstić information content (AvgIpc) is 2.14. The summed E-state index contributed by atoms with van der Waals surface area (Å²) in [7, 11) is 0. The summed E-state index contributed by atoms with van der Waals surface area (Å²) in [4.78, 5) is 11.8. The van der Waals surface area contributed by atoms with Gasteiger partial charge in [-0.25, -0.2) is 0 Å². The van der Waals surface area contributed by atoms with Crippen LogP contribution in [0.25, 0.3) is 0 Å². The first-order chi connectivity index (χ1) is 6.63. The molecule has 2 heteroatoms. The maximum Gasteiger partial charge on any atom is 0.140 e. The van der Waals surface area contributed by atoms with Crippen molar-refractivity contribution in [2.24, 2.45) is 5.92 Å². The SMILES string of the molecule is C=C(Br)C(CCCC)C(=O)CCCC. The Morgan fingerprint density at radius 2 is 1.86 bits per heavy atom. The van der Waals surface area contributed by atoms with Crippen molar-refractivity contribution < 1.29 is 4.79 Å². The molecule has 0 aromatic carbocycles. The van der Waals surface area contributed by atoms with Crippen LogP contribution in [0.15, 0.2) is 11.1 Å². The van der Waals surface area contributed by atoms with Gasteiger partial charge in [-0.2, -0.15) is 0 Å². The second kappa shape index (κ2) is 8.22. The van der Waals surface area contributed by atoms with Gasteiger partial charge in [-0.3, -0.25) is 4.79 Å². The minimum absolute atomic E-state index is 0.0431. The molecule has 0 rings (SSSR count). The quantitative estimate of drug-likeness (QED) is 0.630. The predicted molar refractivity (Wildman–Crippen MR) is 65.6 cm³/mol. The van der Waals surface area contributed by atoms with E-state index < -0.39 is 0 Å². The van der Waals surface area contributed by atoms with Crippen molar-refractivity contribution in [2.75, 3.05) is 0 Å². The van der Waals surface area contributed by atoms with E-state index in [2.05, 4.69) is 36.4 Å². The molecular formula is C12H21BrO. The molecule has 0 aromatic rings. The largest absolute Gasteiger partial charge is 0.299 e. The molecule has 0 radical (unpaired) electrons. The van der Waals surface area contributed by atoms with Gasteiger partial charge in [0.15, 0.2) is 0 Å². The summed E-state index contributed by atoms with van der Waals surface area (Å²) in [5.41, 5.74) is 0. The zero-order valence-corrected chi connectivity index (χ0v) is 10.9. The summed E-state index contributed by atoms with van der Waals surface area (Å²) in [5, 5.41) is 0. The summed E-state index contributed by atoms with van der Waals surface area (Å²) < 4.78 is 0.854. The van der Waals surface area contributed by atoms with Crippen molar-refractivity contribution in [3.63, 3.8) is 0 Å². The number of Topliss-reactive ketones (excluding diaryl/α,β-unsaturated/α-hetero) is 1. The number of hydrogen-bond donors (Lipinski definition) is 0. The fraction of sp³-hybridized carbons (Fsp3) is 0.750. The third-order valence-corrected chi connectivity index (χ3v) is 2.94. The van der Waals surface area contributed by atoms with Crippen LogP contribution >= 0.6 is 15.9 Å². The standard InChI is InChI=1S/C12H21BrO/c1-4-6-8-11(10(3)13)12(14)9-7-5-2/h11H,3-9H2,1-2H3. The Morgan fingerprint density at radius 1 is 1.29 bits per heavy atom. The number of ketones is 1. The molecule has 0 N–H and O–H groups in total. The summed E-state index contributed by atoms with van der Waals surface area (Å²) in [6.07, 6.45) is 5.98. The lowest BCUT2D eigenvalue weighted by Gasteiger charge is -2.13. The highest BCUT2D eigenvalue weighted by atomic mass is 79.9. The summed E-state index contributed by atoms with van der Waals surface area (Å²) in [5.74, 6) is 0.392. The minimum atomic E-state index is 0.0431. The molecule has 0 bridgehead atoms. The van der Waals surface area contributed by atoms with Crippen molar-refractivity contribution in [2.45, 2.75) is 52.4 Å². The van der Waals surface area contributed by atoms with E-state index >= 15 is 0 Å². The van der Waals surface area contributed by atoms with Crippen LogP contribution in [0.2, 0.25) is 0 Å². The molecule has 1 nitrogen and oxygen atoms in total. The van der Waals surface area contributed by atoms with E-state index in [1.54, 1.807) is 0 Å². The van der Waals surface area contributed by atoms with Gasteiger partial charge in [0.2, 0.25) is 0 Å². The Bertz CT molecular complexity index is 187. The molecule has 0 aliphatic rings. The Hall–Kier alpha value is -0.110. The monoisotopic (exact) mass is 260 g/mol. The normalized spacial score (nSPS) is 12.5. The van der Waals surface area contributed by atoms with Crippen LogP contribution in [-0.4, -0.2) is 5.78 Å². The van der Waals surface area contributed by atoms with Crippen LogP contribution in [0.3, 0.4) is 0 Å². The van der Waals surface area contributed by atoms with Crippen molar-refractivity contribution in [1.29, 1.82) is 0 Å². The van der Waals surface area contributed by atoms with Gasteiger partial charge in [0.25, 0.3) is 0 Å². The number of halogens is 1. The summed E-state index contributed by atoms with van der Waals surface area (Å²) in [6.45, 7) is 8.09. The number of allylic oxidation sites excluding steroid dienone is 1. The average molecular weight is 261 g/mol.